The van der Waals surface area contributed by atoms with Crippen LogP contribution in [0, 0.1) is 6.92 Å². The first-order chi connectivity index (χ1) is 12.9. The Morgan fingerprint density at radius 1 is 1.22 bits per heavy atom. The first-order valence-electron chi connectivity index (χ1n) is 8.61. The highest BCUT2D eigenvalue weighted by molar-refractivity contribution is 7.89. The maximum absolute atomic E-state index is 13.1. The number of anilines is 1. The zero-order valence-corrected chi connectivity index (χ0v) is 15.5. The van der Waals surface area contributed by atoms with E-state index in [9.17, 15) is 13.2 Å². The van der Waals surface area contributed by atoms with E-state index in [0.717, 1.165) is 0 Å². The molecule has 0 saturated carbocycles. The van der Waals surface area contributed by atoms with Gasteiger partial charge in [0.25, 0.3) is 0 Å². The summed E-state index contributed by atoms with van der Waals surface area (Å²) in [7, 11) is -3.86. The molecule has 4 rings (SSSR count). The molecule has 0 radical (unpaired) electrons. The average molecular weight is 393 g/mol. The van der Waals surface area contributed by atoms with Gasteiger partial charge in [-0.15, -0.1) is 0 Å². The third-order valence-electron chi connectivity index (χ3n) is 4.51. The Morgan fingerprint density at radius 2 is 2.00 bits per heavy atom. The number of rotatable bonds is 4. The molecule has 144 valence electrons. The molecule has 1 fully saturated rings. The summed E-state index contributed by atoms with van der Waals surface area (Å²) in [4.78, 5) is 12.7. The smallest absolute Gasteiger partial charge is 0.244 e. The molecule has 2 aliphatic rings. The number of fused-ring (bicyclic) bond motifs is 1. The molecule has 1 amide bonds. The molecule has 1 aromatic carbocycles. The number of nitrogens with zero attached hydrogens (tertiary/aromatic N) is 2. The minimum atomic E-state index is -3.86. The summed E-state index contributed by atoms with van der Waals surface area (Å²) in [5, 5.41) is 6.33. The van der Waals surface area contributed by atoms with E-state index >= 15 is 0 Å². The van der Waals surface area contributed by atoms with Crippen molar-refractivity contribution < 1.29 is 27.2 Å². The summed E-state index contributed by atoms with van der Waals surface area (Å²) in [5.41, 5.74) is 0. The third kappa shape index (κ3) is 3.37. The molecule has 27 heavy (non-hydrogen) atoms. The fourth-order valence-electron chi connectivity index (χ4n) is 3.24. The summed E-state index contributed by atoms with van der Waals surface area (Å²) in [6, 6.07) is 5.26. The van der Waals surface area contributed by atoms with Gasteiger partial charge < -0.3 is 19.3 Å². The molecule has 1 unspecified atom stereocenters. The topological polar surface area (TPSA) is 111 Å². The zero-order chi connectivity index (χ0) is 19.0. The van der Waals surface area contributed by atoms with E-state index in [1.807, 2.05) is 0 Å². The van der Waals surface area contributed by atoms with Crippen LogP contribution in [0.4, 0.5) is 5.82 Å². The molecular weight excluding hydrogens is 374 g/mol. The van der Waals surface area contributed by atoms with Crippen molar-refractivity contribution in [2.24, 2.45) is 0 Å². The number of nitrogens with one attached hydrogen (secondary N) is 1. The summed E-state index contributed by atoms with van der Waals surface area (Å²) in [6.07, 6.45) is 1.03. The van der Waals surface area contributed by atoms with Crippen LogP contribution < -0.4 is 14.8 Å². The van der Waals surface area contributed by atoms with Crippen LogP contribution in [0.25, 0.3) is 0 Å². The van der Waals surface area contributed by atoms with Crippen LogP contribution in [0.3, 0.4) is 0 Å². The largest absolute Gasteiger partial charge is 0.486 e. The zero-order valence-electron chi connectivity index (χ0n) is 14.7. The van der Waals surface area contributed by atoms with Crippen molar-refractivity contribution in [3.63, 3.8) is 0 Å². The maximum atomic E-state index is 13.1. The van der Waals surface area contributed by atoms with Gasteiger partial charge in [0.15, 0.2) is 17.3 Å². The molecule has 10 heteroatoms. The molecule has 0 spiro atoms. The lowest BCUT2D eigenvalue weighted by atomic mass is 10.2. The number of amides is 1. The average Bonchev–Trinajstić information content (AvgIpc) is 3.31. The number of benzene rings is 1. The first kappa shape index (κ1) is 17.8. The van der Waals surface area contributed by atoms with Crippen LogP contribution in [0.5, 0.6) is 11.5 Å². The van der Waals surface area contributed by atoms with Crippen LogP contribution in [0.2, 0.25) is 0 Å². The van der Waals surface area contributed by atoms with Gasteiger partial charge in [-0.2, -0.15) is 4.31 Å². The molecule has 2 aliphatic heterocycles. The summed E-state index contributed by atoms with van der Waals surface area (Å²) in [5.74, 6) is 1.29. The van der Waals surface area contributed by atoms with Crippen LogP contribution in [0.15, 0.2) is 33.7 Å². The van der Waals surface area contributed by atoms with Crippen molar-refractivity contribution in [1.29, 1.82) is 0 Å². The molecule has 0 bridgehead atoms. The van der Waals surface area contributed by atoms with E-state index in [1.54, 1.807) is 19.1 Å². The van der Waals surface area contributed by atoms with Crippen LogP contribution in [0.1, 0.15) is 18.6 Å². The molecular formula is C17H19N3O6S. The quantitative estimate of drug-likeness (QED) is 0.839. The number of hydrogen-bond donors (Lipinski definition) is 1. The van der Waals surface area contributed by atoms with Crippen LogP contribution in [-0.4, -0.2) is 49.6 Å². The second kappa shape index (κ2) is 6.86. The number of hydrogen-bond acceptors (Lipinski definition) is 7. The summed E-state index contributed by atoms with van der Waals surface area (Å²) in [6.45, 7) is 2.76. The van der Waals surface area contributed by atoms with Crippen LogP contribution >= 0.6 is 0 Å². The fourth-order valence-corrected chi connectivity index (χ4v) is 4.92. The fraction of sp³-hybridized carbons (Fsp3) is 0.412. The molecule has 1 atom stereocenters. The van der Waals surface area contributed by atoms with Crippen molar-refractivity contribution in [3.05, 3.63) is 30.0 Å². The number of ether oxygens (including phenoxy) is 2. The van der Waals surface area contributed by atoms with E-state index in [0.29, 0.717) is 43.3 Å². The van der Waals surface area contributed by atoms with Crippen molar-refractivity contribution in [2.75, 3.05) is 25.1 Å². The first-order valence-corrected chi connectivity index (χ1v) is 10.0. The van der Waals surface area contributed by atoms with Crippen molar-refractivity contribution in [1.82, 2.24) is 9.46 Å². The van der Waals surface area contributed by atoms with Gasteiger partial charge in [0.2, 0.25) is 15.9 Å². The highest BCUT2D eigenvalue weighted by Gasteiger charge is 2.40. The predicted octanol–water partition coefficient (Wildman–Crippen LogP) is 1.55. The van der Waals surface area contributed by atoms with Gasteiger partial charge in [0.1, 0.15) is 25.0 Å². The lowest BCUT2D eigenvalue weighted by molar-refractivity contribution is -0.119. The molecule has 0 aliphatic carbocycles. The van der Waals surface area contributed by atoms with Gasteiger partial charge >= 0.3 is 0 Å². The molecule has 3 heterocycles. The SMILES string of the molecule is Cc1cc(NC(=O)C2CCCN2S(=O)(=O)c2ccc3c(c2)OCCO3)no1. The number of carbonyl (C=O) groups excluding carboxylic acids is 1. The second-order valence-electron chi connectivity index (χ2n) is 6.39. The van der Waals surface area contributed by atoms with Gasteiger partial charge in [-0.1, -0.05) is 5.16 Å². The van der Waals surface area contributed by atoms with Crippen molar-refractivity contribution in [2.45, 2.75) is 30.7 Å². The Kier molecular flexibility index (Phi) is 4.52. The number of aromatic nitrogens is 1. The van der Waals surface area contributed by atoms with E-state index < -0.39 is 22.0 Å². The Balaban J connectivity index is 1.57. The maximum Gasteiger partial charge on any atom is 0.244 e. The third-order valence-corrected chi connectivity index (χ3v) is 6.41. The Labute approximate surface area is 156 Å². The van der Waals surface area contributed by atoms with Gasteiger partial charge in [-0.3, -0.25) is 4.79 Å². The Hall–Kier alpha value is -2.59. The van der Waals surface area contributed by atoms with E-state index in [-0.39, 0.29) is 17.3 Å². The lowest BCUT2D eigenvalue weighted by Gasteiger charge is -2.24. The highest BCUT2D eigenvalue weighted by atomic mass is 32.2. The molecule has 1 aromatic heterocycles. The van der Waals surface area contributed by atoms with Gasteiger partial charge in [0.05, 0.1) is 4.90 Å². The molecule has 1 N–H and O–H groups in total. The molecule has 1 saturated heterocycles. The predicted molar refractivity (Wildman–Crippen MR) is 94.2 cm³/mol. The summed E-state index contributed by atoms with van der Waals surface area (Å²) >= 11 is 0. The van der Waals surface area contributed by atoms with Crippen LogP contribution in [-0.2, 0) is 14.8 Å². The highest BCUT2D eigenvalue weighted by Crippen LogP contribution is 2.35. The normalized spacial score (nSPS) is 19.8. The number of carbonyl (C=O) groups is 1. The van der Waals surface area contributed by atoms with Gasteiger partial charge in [0, 0.05) is 18.7 Å². The second-order valence-corrected chi connectivity index (χ2v) is 8.28. The number of sulfonamides is 1. The van der Waals surface area contributed by atoms with Gasteiger partial charge in [-0.05, 0) is 31.9 Å². The van der Waals surface area contributed by atoms with E-state index in [2.05, 4.69) is 10.5 Å². The molecule has 9 nitrogen and oxygen atoms in total. The van der Waals surface area contributed by atoms with E-state index in [4.69, 9.17) is 14.0 Å². The van der Waals surface area contributed by atoms with Gasteiger partial charge in [-0.25, -0.2) is 8.42 Å². The van der Waals surface area contributed by atoms with E-state index in [1.165, 1.54) is 16.4 Å². The Bertz CT molecular complexity index is 971. The lowest BCUT2D eigenvalue weighted by Crippen LogP contribution is -2.43. The monoisotopic (exact) mass is 393 g/mol. The minimum absolute atomic E-state index is 0.0729. The van der Waals surface area contributed by atoms with Crippen molar-refractivity contribution in [3.8, 4) is 11.5 Å². The number of aryl methyl sites for hydroxylation is 1. The standard InChI is InChI=1S/C17H19N3O6S/c1-11-9-16(19-26-11)18-17(21)13-3-2-6-20(13)27(22,23)12-4-5-14-15(10-12)25-8-7-24-14/h4-5,9-10,13H,2-3,6-8H2,1H3,(H,18,19,21). The summed E-state index contributed by atoms with van der Waals surface area (Å²) < 4.78 is 43.3. The minimum Gasteiger partial charge on any atom is -0.486 e. The Morgan fingerprint density at radius 3 is 2.74 bits per heavy atom. The molecule has 2 aromatic rings. The van der Waals surface area contributed by atoms with Crippen molar-refractivity contribution >= 4 is 21.7 Å².